The molecule has 0 aliphatic carbocycles. The Hall–Kier alpha value is -2.04. The Morgan fingerprint density at radius 2 is 1.79 bits per heavy atom. The number of aryl methyl sites for hydroxylation is 2. The molecule has 0 spiro atoms. The number of nitrogens with zero attached hydrogens (tertiary/aromatic N) is 2. The fourth-order valence-corrected chi connectivity index (χ4v) is 1.87. The molecule has 2 N–H and O–H groups in total. The fourth-order valence-electron chi connectivity index (χ4n) is 1.87. The summed E-state index contributed by atoms with van der Waals surface area (Å²) in [5.74, 6) is 0.102. The third-order valence-electron chi connectivity index (χ3n) is 3.16. The summed E-state index contributed by atoms with van der Waals surface area (Å²) in [6, 6.07) is 5.60. The number of hydrogen-bond donors (Lipinski definition) is 2. The third-order valence-corrected chi connectivity index (χ3v) is 3.16. The second kappa shape index (κ2) is 6.22. The predicted octanol–water partition coefficient (Wildman–Crippen LogP) is 2.34. The molecule has 5 heteroatoms. The predicted molar refractivity (Wildman–Crippen MR) is 78.9 cm³/mol. The molecule has 0 heterocycles. The first-order valence-corrected chi connectivity index (χ1v) is 6.29. The van der Waals surface area contributed by atoms with Crippen molar-refractivity contribution in [3.05, 3.63) is 29.3 Å². The minimum absolute atomic E-state index is 0.102. The van der Waals surface area contributed by atoms with E-state index in [1.807, 2.05) is 39.0 Å². The van der Waals surface area contributed by atoms with Crippen LogP contribution in [0.25, 0.3) is 0 Å². The van der Waals surface area contributed by atoms with Gasteiger partial charge >= 0.3 is 6.03 Å². The van der Waals surface area contributed by atoms with Crippen LogP contribution in [-0.4, -0.2) is 37.5 Å². The molecule has 1 aromatic carbocycles. The van der Waals surface area contributed by atoms with E-state index in [9.17, 15) is 4.79 Å². The van der Waals surface area contributed by atoms with Crippen molar-refractivity contribution in [1.82, 2.24) is 10.2 Å². The highest BCUT2D eigenvalue weighted by atomic mass is 16.2. The first-order chi connectivity index (χ1) is 8.88. The van der Waals surface area contributed by atoms with Crippen LogP contribution in [0, 0.1) is 19.3 Å². The molecular weight excluding hydrogens is 240 g/mol. The van der Waals surface area contributed by atoms with Gasteiger partial charge in [0.2, 0.25) is 0 Å². The number of amides is 2. The number of hydrogen-bond acceptors (Lipinski definition) is 2. The van der Waals surface area contributed by atoms with Gasteiger partial charge < -0.3 is 4.90 Å². The van der Waals surface area contributed by atoms with Crippen molar-refractivity contribution in [3.63, 3.8) is 0 Å². The highest BCUT2D eigenvalue weighted by molar-refractivity contribution is 6.03. The fraction of sp³-hybridized carbons (Fsp3) is 0.429. The monoisotopic (exact) mass is 262 g/mol. The molecule has 2 amide bonds. The van der Waals surface area contributed by atoms with Crippen molar-refractivity contribution in [2.45, 2.75) is 20.8 Å². The van der Waals surface area contributed by atoms with Gasteiger partial charge in [0, 0.05) is 20.6 Å². The molecule has 0 aliphatic heterocycles. The number of benzene rings is 1. The zero-order chi connectivity index (χ0) is 14.6. The van der Waals surface area contributed by atoms with E-state index in [4.69, 9.17) is 5.41 Å². The summed E-state index contributed by atoms with van der Waals surface area (Å²) in [6.07, 6.45) is 0. The molecule has 1 aromatic rings. The maximum Gasteiger partial charge on any atom is 0.328 e. The maximum atomic E-state index is 12.1. The Morgan fingerprint density at radius 3 is 2.26 bits per heavy atom. The number of guanidine groups is 1. The average molecular weight is 262 g/mol. The number of urea groups is 1. The molecule has 0 unspecified atom stereocenters. The van der Waals surface area contributed by atoms with Gasteiger partial charge in [-0.1, -0.05) is 18.2 Å². The first-order valence-electron chi connectivity index (χ1n) is 6.29. The van der Waals surface area contributed by atoms with E-state index in [2.05, 4.69) is 5.32 Å². The van der Waals surface area contributed by atoms with Crippen LogP contribution in [-0.2, 0) is 0 Å². The van der Waals surface area contributed by atoms with E-state index in [0.29, 0.717) is 6.54 Å². The van der Waals surface area contributed by atoms with Crippen LogP contribution in [0.3, 0.4) is 0 Å². The lowest BCUT2D eigenvalue weighted by atomic mass is 10.1. The van der Waals surface area contributed by atoms with Crippen molar-refractivity contribution in [2.24, 2.45) is 0 Å². The van der Waals surface area contributed by atoms with Gasteiger partial charge in [-0.25, -0.2) is 4.79 Å². The number of nitrogens with one attached hydrogen (secondary N) is 2. The van der Waals surface area contributed by atoms with Crippen LogP contribution in [0.15, 0.2) is 18.2 Å². The van der Waals surface area contributed by atoms with Gasteiger partial charge in [-0.2, -0.15) is 0 Å². The first kappa shape index (κ1) is 15.0. The van der Waals surface area contributed by atoms with E-state index in [1.54, 1.807) is 23.9 Å². The molecule has 19 heavy (non-hydrogen) atoms. The zero-order valence-corrected chi connectivity index (χ0v) is 12.2. The maximum absolute atomic E-state index is 12.1. The van der Waals surface area contributed by atoms with Crippen LogP contribution in [0.5, 0.6) is 0 Å². The van der Waals surface area contributed by atoms with Crippen LogP contribution >= 0.6 is 0 Å². The van der Waals surface area contributed by atoms with Gasteiger partial charge in [-0.15, -0.1) is 0 Å². The van der Waals surface area contributed by atoms with Gasteiger partial charge in [0.25, 0.3) is 0 Å². The van der Waals surface area contributed by atoms with E-state index in [-0.39, 0.29) is 12.0 Å². The van der Waals surface area contributed by atoms with Crippen LogP contribution in [0.2, 0.25) is 0 Å². The highest BCUT2D eigenvalue weighted by Crippen LogP contribution is 2.23. The van der Waals surface area contributed by atoms with Gasteiger partial charge in [0.1, 0.15) is 0 Å². The Balaban J connectivity index is 2.86. The summed E-state index contributed by atoms with van der Waals surface area (Å²) in [4.78, 5) is 15.3. The Bertz CT molecular complexity index is 464. The summed E-state index contributed by atoms with van der Waals surface area (Å²) in [5, 5.41) is 10.3. The summed E-state index contributed by atoms with van der Waals surface area (Å²) >= 11 is 0. The molecule has 0 atom stereocenters. The molecule has 104 valence electrons. The Morgan fingerprint density at radius 1 is 1.26 bits per heavy atom. The van der Waals surface area contributed by atoms with Crippen molar-refractivity contribution >= 4 is 17.7 Å². The zero-order valence-electron chi connectivity index (χ0n) is 12.2. The van der Waals surface area contributed by atoms with Crippen molar-refractivity contribution in [1.29, 1.82) is 5.41 Å². The molecule has 0 fully saturated rings. The summed E-state index contributed by atoms with van der Waals surface area (Å²) in [7, 11) is 3.48. The molecule has 0 aliphatic rings. The lowest BCUT2D eigenvalue weighted by Crippen LogP contribution is -2.47. The number of para-hydroxylation sites is 1. The third kappa shape index (κ3) is 3.47. The van der Waals surface area contributed by atoms with E-state index in [1.165, 1.54) is 0 Å². The number of anilines is 1. The minimum Gasteiger partial charge on any atom is -0.346 e. The number of carbonyl (C=O) groups is 1. The number of carbonyl (C=O) groups excluding carboxylic acids is 1. The van der Waals surface area contributed by atoms with Crippen molar-refractivity contribution in [2.75, 3.05) is 25.5 Å². The lowest BCUT2D eigenvalue weighted by molar-refractivity contribution is 0.250. The molecule has 5 nitrogen and oxygen atoms in total. The van der Waals surface area contributed by atoms with Gasteiger partial charge in [-0.05, 0) is 31.9 Å². The summed E-state index contributed by atoms with van der Waals surface area (Å²) in [5.41, 5.74) is 2.95. The number of rotatable bonds is 2. The van der Waals surface area contributed by atoms with Gasteiger partial charge in [-0.3, -0.25) is 15.6 Å². The Kier molecular flexibility index (Phi) is 4.92. The van der Waals surface area contributed by atoms with Crippen molar-refractivity contribution in [3.8, 4) is 0 Å². The minimum atomic E-state index is -0.303. The van der Waals surface area contributed by atoms with E-state index in [0.717, 1.165) is 16.8 Å². The molecule has 0 radical (unpaired) electrons. The smallest absolute Gasteiger partial charge is 0.328 e. The van der Waals surface area contributed by atoms with E-state index < -0.39 is 0 Å². The molecule has 0 saturated carbocycles. The molecule has 0 aromatic heterocycles. The topological polar surface area (TPSA) is 59.4 Å². The van der Waals surface area contributed by atoms with Crippen LogP contribution < -0.4 is 10.2 Å². The van der Waals surface area contributed by atoms with Gasteiger partial charge in [0.05, 0.1) is 5.69 Å². The average Bonchev–Trinajstić information content (AvgIpc) is 2.37. The summed E-state index contributed by atoms with van der Waals surface area (Å²) in [6.45, 7) is 6.54. The lowest BCUT2D eigenvalue weighted by Gasteiger charge is -2.24. The molecular formula is C14H22N4O. The highest BCUT2D eigenvalue weighted by Gasteiger charge is 2.16. The normalized spacial score (nSPS) is 9.95. The van der Waals surface area contributed by atoms with Crippen LogP contribution in [0.4, 0.5) is 10.5 Å². The van der Waals surface area contributed by atoms with Crippen molar-refractivity contribution < 1.29 is 4.79 Å². The second-order valence-corrected chi connectivity index (χ2v) is 4.59. The standard InChI is InChI=1S/C14H22N4O/c1-6-17(4)13(15)16-14(19)18(5)12-10(2)8-7-9-11(12)3/h7-9H,6H2,1-5H3,(H2,15,16,19). The largest absolute Gasteiger partial charge is 0.346 e. The molecule has 1 rings (SSSR count). The molecule has 0 saturated heterocycles. The SMILES string of the molecule is CCN(C)C(=N)NC(=O)N(C)c1c(C)cccc1C. The van der Waals surface area contributed by atoms with Gasteiger partial charge in [0.15, 0.2) is 5.96 Å². The molecule has 0 bridgehead atoms. The van der Waals surface area contributed by atoms with Crippen LogP contribution in [0.1, 0.15) is 18.1 Å². The second-order valence-electron chi connectivity index (χ2n) is 4.59. The summed E-state index contributed by atoms with van der Waals surface area (Å²) < 4.78 is 0. The van der Waals surface area contributed by atoms with E-state index >= 15 is 0 Å². The quantitative estimate of drug-likeness (QED) is 0.635. The Labute approximate surface area is 114 Å².